The summed E-state index contributed by atoms with van der Waals surface area (Å²) in [7, 11) is 1.27. The Kier molecular flexibility index (Phi) is 7.56. The Morgan fingerprint density at radius 2 is 1.69 bits per heavy atom. The van der Waals surface area contributed by atoms with Gasteiger partial charge in [-0.25, -0.2) is 9.69 Å². The van der Waals surface area contributed by atoms with E-state index in [1.165, 1.54) is 7.11 Å². The fourth-order valence-electron chi connectivity index (χ4n) is 5.47. The summed E-state index contributed by atoms with van der Waals surface area (Å²) >= 11 is 0. The van der Waals surface area contributed by atoms with E-state index in [2.05, 4.69) is 0 Å². The van der Waals surface area contributed by atoms with Crippen LogP contribution in [0.25, 0.3) is 0 Å². The number of fused-ring (bicyclic) bond motifs is 1. The zero-order valence-corrected chi connectivity index (χ0v) is 20.2. The number of carbonyl (C=O) groups is 4. The highest BCUT2D eigenvalue weighted by Crippen LogP contribution is 2.35. The molecule has 0 spiro atoms. The quantitative estimate of drug-likeness (QED) is 0.447. The molecule has 1 saturated heterocycles. The number of urea groups is 1. The highest BCUT2D eigenvalue weighted by molar-refractivity contribution is 6.21. The van der Waals surface area contributed by atoms with Crippen molar-refractivity contribution in [1.82, 2.24) is 9.80 Å². The predicted molar refractivity (Wildman–Crippen MR) is 123 cm³/mol. The topological polar surface area (TPSA) is 87.2 Å². The maximum absolute atomic E-state index is 13.6. The summed E-state index contributed by atoms with van der Waals surface area (Å²) in [5.41, 5.74) is 1.83. The first kappa shape index (κ1) is 26.0. The Labute approximate surface area is 207 Å². The number of hydrogen-bond donors (Lipinski definition) is 0. The Morgan fingerprint density at radius 3 is 2.33 bits per heavy atom. The van der Waals surface area contributed by atoms with Crippen molar-refractivity contribution < 1.29 is 37.1 Å². The number of alkyl halides is 3. The summed E-state index contributed by atoms with van der Waals surface area (Å²) in [6.45, 7) is -0.163. The van der Waals surface area contributed by atoms with E-state index < -0.39 is 36.0 Å². The minimum Gasteiger partial charge on any atom is -0.469 e. The predicted octanol–water partition coefficient (Wildman–Crippen LogP) is 3.60. The standard InChI is InChI=1S/C25H30F3N3O5/c1-36-21(32)10-9-20-22(33)31(24(35)30(20)18-5-3-2-4-6-18)19-8-7-16-11-13-29(14-12-17(16)15-19)23(34)25(26,27)28/h7-8,15,18,20H,2-6,9-14H2,1H3. The van der Waals surface area contributed by atoms with Crippen LogP contribution in [0.1, 0.15) is 56.1 Å². The molecule has 8 nitrogen and oxygen atoms in total. The van der Waals surface area contributed by atoms with Crippen LogP contribution in [0.5, 0.6) is 0 Å². The highest BCUT2D eigenvalue weighted by atomic mass is 19.4. The smallest absolute Gasteiger partial charge is 0.469 e. The molecule has 0 radical (unpaired) electrons. The van der Waals surface area contributed by atoms with Gasteiger partial charge in [-0.15, -0.1) is 0 Å². The van der Waals surface area contributed by atoms with E-state index in [0.29, 0.717) is 11.3 Å². The molecule has 2 fully saturated rings. The molecule has 1 unspecified atom stereocenters. The van der Waals surface area contributed by atoms with Crippen molar-refractivity contribution in [3.8, 4) is 0 Å². The normalized spacial score (nSPS) is 21.4. The second kappa shape index (κ2) is 10.5. The number of anilines is 1. The van der Waals surface area contributed by atoms with Crippen molar-refractivity contribution in [2.24, 2.45) is 0 Å². The van der Waals surface area contributed by atoms with Crippen LogP contribution >= 0.6 is 0 Å². The number of benzene rings is 1. The zero-order valence-electron chi connectivity index (χ0n) is 20.2. The summed E-state index contributed by atoms with van der Waals surface area (Å²) in [4.78, 5) is 54.1. The van der Waals surface area contributed by atoms with Gasteiger partial charge in [0.25, 0.3) is 5.91 Å². The van der Waals surface area contributed by atoms with Crippen LogP contribution in [0.4, 0.5) is 23.7 Å². The molecule has 4 rings (SSSR count). The van der Waals surface area contributed by atoms with Gasteiger partial charge >= 0.3 is 24.1 Å². The Morgan fingerprint density at radius 1 is 1.03 bits per heavy atom. The van der Waals surface area contributed by atoms with Gasteiger partial charge in [-0.05, 0) is 55.4 Å². The minimum atomic E-state index is -4.93. The van der Waals surface area contributed by atoms with Crippen molar-refractivity contribution in [3.63, 3.8) is 0 Å². The molecule has 196 valence electrons. The highest BCUT2D eigenvalue weighted by Gasteiger charge is 2.49. The fraction of sp³-hybridized carbons (Fsp3) is 0.600. The number of ether oxygens (including phenoxy) is 1. The van der Waals surface area contributed by atoms with Crippen molar-refractivity contribution in [1.29, 1.82) is 0 Å². The van der Waals surface area contributed by atoms with Gasteiger partial charge in [0.2, 0.25) is 0 Å². The molecule has 2 aliphatic heterocycles. The van der Waals surface area contributed by atoms with Crippen molar-refractivity contribution in [2.75, 3.05) is 25.1 Å². The van der Waals surface area contributed by atoms with Crippen molar-refractivity contribution >= 4 is 29.5 Å². The van der Waals surface area contributed by atoms with E-state index in [1.54, 1.807) is 23.1 Å². The van der Waals surface area contributed by atoms with Gasteiger partial charge < -0.3 is 14.5 Å². The van der Waals surface area contributed by atoms with Gasteiger partial charge in [-0.1, -0.05) is 25.3 Å². The average molecular weight is 510 g/mol. The lowest BCUT2D eigenvalue weighted by atomic mass is 9.93. The van der Waals surface area contributed by atoms with E-state index >= 15 is 0 Å². The summed E-state index contributed by atoms with van der Waals surface area (Å²) < 4.78 is 43.4. The molecular formula is C25H30F3N3O5. The minimum absolute atomic E-state index is 0.00447. The molecule has 0 aromatic heterocycles. The lowest BCUT2D eigenvalue weighted by Crippen LogP contribution is -2.44. The number of imide groups is 1. The van der Waals surface area contributed by atoms with Crippen LogP contribution < -0.4 is 4.90 Å². The number of amides is 4. The average Bonchev–Trinajstić information content (AvgIpc) is 2.98. The fourth-order valence-corrected chi connectivity index (χ4v) is 5.47. The van der Waals surface area contributed by atoms with Gasteiger partial charge in [0.1, 0.15) is 6.04 Å². The summed E-state index contributed by atoms with van der Waals surface area (Å²) in [6, 6.07) is 3.68. The molecule has 3 aliphatic rings. The summed E-state index contributed by atoms with van der Waals surface area (Å²) in [5, 5.41) is 0. The third kappa shape index (κ3) is 5.19. The first-order valence-electron chi connectivity index (χ1n) is 12.3. The molecule has 1 saturated carbocycles. The van der Waals surface area contributed by atoms with E-state index in [0.717, 1.165) is 47.5 Å². The number of halogens is 3. The number of nitrogens with zero attached hydrogens (tertiary/aromatic N) is 3. The first-order chi connectivity index (χ1) is 17.1. The molecule has 4 amide bonds. The van der Waals surface area contributed by atoms with Gasteiger partial charge in [0.15, 0.2) is 0 Å². The van der Waals surface area contributed by atoms with Gasteiger partial charge in [0.05, 0.1) is 12.8 Å². The van der Waals surface area contributed by atoms with E-state index in [1.807, 2.05) is 0 Å². The van der Waals surface area contributed by atoms with Crippen LogP contribution in [-0.4, -0.2) is 72.1 Å². The lowest BCUT2D eigenvalue weighted by Gasteiger charge is -2.33. The lowest BCUT2D eigenvalue weighted by molar-refractivity contribution is -0.185. The van der Waals surface area contributed by atoms with Gasteiger partial charge in [-0.2, -0.15) is 13.2 Å². The zero-order chi connectivity index (χ0) is 26.0. The summed E-state index contributed by atoms with van der Waals surface area (Å²) in [5.74, 6) is -2.74. The van der Waals surface area contributed by atoms with Crippen LogP contribution in [0.15, 0.2) is 18.2 Å². The molecule has 36 heavy (non-hydrogen) atoms. The molecule has 2 heterocycles. The monoisotopic (exact) mass is 509 g/mol. The van der Waals surface area contributed by atoms with Crippen molar-refractivity contribution in [2.45, 2.75) is 76.0 Å². The Balaban J connectivity index is 1.58. The van der Waals surface area contributed by atoms with Gasteiger partial charge in [-0.3, -0.25) is 14.4 Å². The Hall–Kier alpha value is -3.11. The largest absolute Gasteiger partial charge is 0.471 e. The number of hydrogen-bond acceptors (Lipinski definition) is 5. The molecule has 1 aromatic rings. The maximum Gasteiger partial charge on any atom is 0.471 e. The summed E-state index contributed by atoms with van der Waals surface area (Å²) in [6.07, 6.45) is 0.211. The third-order valence-corrected chi connectivity index (χ3v) is 7.35. The van der Waals surface area contributed by atoms with Crippen molar-refractivity contribution in [3.05, 3.63) is 29.3 Å². The molecular weight excluding hydrogens is 479 g/mol. The first-order valence-corrected chi connectivity index (χ1v) is 12.3. The molecule has 1 atom stereocenters. The SMILES string of the molecule is COC(=O)CCC1C(=O)N(c2ccc3c(c2)CCN(C(=O)C(F)(F)F)CC3)C(=O)N1C1CCCCC1. The van der Waals surface area contributed by atoms with E-state index in [-0.39, 0.29) is 44.8 Å². The number of methoxy groups -OCH3 is 1. The third-order valence-electron chi connectivity index (χ3n) is 7.35. The second-order valence-electron chi connectivity index (χ2n) is 9.53. The molecule has 11 heteroatoms. The van der Waals surface area contributed by atoms with Crippen LogP contribution in [-0.2, 0) is 32.0 Å². The van der Waals surface area contributed by atoms with Crippen LogP contribution in [0.3, 0.4) is 0 Å². The maximum atomic E-state index is 13.6. The molecule has 1 aromatic carbocycles. The molecule has 0 bridgehead atoms. The van der Waals surface area contributed by atoms with E-state index in [4.69, 9.17) is 4.74 Å². The number of esters is 1. The second-order valence-corrected chi connectivity index (χ2v) is 9.53. The van der Waals surface area contributed by atoms with Crippen LogP contribution in [0.2, 0.25) is 0 Å². The molecule has 1 aliphatic carbocycles. The van der Waals surface area contributed by atoms with E-state index in [9.17, 15) is 32.3 Å². The number of carbonyl (C=O) groups excluding carboxylic acids is 4. The van der Waals surface area contributed by atoms with Crippen LogP contribution in [0, 0.1) is 0 Å². The Bertz CT molecular complexity index is 1040. The van der Waals surface area contributed by atoms with Gasteiger partial charge in [0, 0.05) is 25.6 Å². The molecule has 0 N–H and O–H groups in total. The number of rotatable bonds is 5.